The first-order valence-corrected chi connectivity index (χ1v) is 10.7. The molecule has 9 heteroatoms. The van der Waals surface area contributed by atoms with E-state index in [1.54, 1.807) is 18.2 Å². The van der Waals surface area contributed by atoms with Gasteiger partial charge in [0.25, 0.3) is 10.0 Å². The fourth-order valence-electron chi connectivity index (χ4n) is 3.26. The summed E-state index contributed by atoms with van der Waals surface area (Å²) in [5.41, 5.74) is 0.291. The van der Waals surface area contributed by atoms with Crippen molar-refractivity contribution in [1.82, 2.24) is 3.97 Å². The number of benzene rings is 3. The van der Waals surface area contributed by atoms with E-state index in [9.17, 15) is 22.0 Å². The molecule has 0 bridgehead atoms. The molecule has 4 rings (SSSR count). The third kappa shape index (κ3) is 3.50. The molecule has 0 atom stereocenters. The number of fused-ring (bicyclic) bond motifs is 1. The summed E-state index contributed by atoms with van der Waals surface area (Å²) < 4.78 is 61.0. The van der Waals surface area contributed by atoms with Crippen LogP contribution in [0.15, 0.2) is 65.7 Å². The van der Waals surface area contributed by atoms with Crippen molar-refractivity contribution in [3.05, 3.63) is 89.1 Å². The molecule has 0 aliphatic rings. The Bertz CT molecular complexity index is 1520. The van der Waals surface area contributed by atoms with Gasteiger partial charge < -0.3 is 4.74 Å². The van der Waals surface area contributed by atoms with Crippen LogP contribution in [0.2, 0.25) is 0 Å². The zero-order chi connectivity index (χ0) is 23.0. The molecule has 0 aliphatic carbocycles. The van der Waals surface area contributed by atoms with E-state index in [1.807, 2.05) is 6.92 Å². The molecule has 3 aromatic carbocycles. The molecular formula is C23H14F2N2O4S. The van der Waals surface area contributed by atoms with Crippen LogP contribution in [-0.2, 0) is 10.0 Å². The number of carbonyl (C=O) groups is 1. The monoisotopic (exact) mass is 452 g/mol. The Morgan fingerprint density at radius 2 is 1.75 bits per heavy atom. The molecule has 0 N–H and O–H groups in total. The van der Waals surface area contributed by atoms with Crippen LogP contribution in [-0.4, -0.2) is 18.7 Å². The first-order valence-electron chi connectivity index (χ1n) is 9.24. The Kier molecular flexibility index (Phi) is 5.24. The van der Waals surface area contributed by atoms with E-state index >= 15 is 0 Å². The number of carbonyl (C=O) groups excluding carboxylic acids is 1. The molecule has 0 saturated carbocycles. The van der Waals surface area contributed by atoms with Crippen LogP contribution in [0.4, 0.5) is 8.78 Å². The number of rotatable bonds is 5. The lowest BCUT2D eigenvalue weighted by Gasteiger charge is -2.12. The molecule has 0 amide bonds. The van der Waals surface area contributed by atoms with Crippen molar-refractivity contribution < 1.29 is 26.7 Å². The van der Waals surface area contributed by atoms with E-state index in [0.29, 0.717) is 6.29 Å². The Morgan fingerprint density at radius 1 is 1.03 bits per heavy atom. The van der Waals surface area contributed by atoms with E-state index < -0.39 is 27.4 Å². The predicted molar refractivity (Wildman–Crippen MR) is 112 cm³/mol. The normalized spacial score (nSPS) is 11.3. The minimum atomic E-state index is -4.05. The molecular weight excluding hydrogens is 438 g/mol. The molecule has 0 unspecified atom stereocenters. The van der Waals surface area contributed by atoms with Gasteiger partial charge in [0.05, 0.1) is 21.5 Å². The van der Waals surface area contributed by atoms with Crippen molar-refractivity contribution in [3.63, 3.8) is 0 Å². The number of halogens is 2. The number of hydrogen-bond acceptors (Lipinski definition) is 5. The van der Waals surface area contributed by atoms with Crippen molar-refractivity contribution in [2.45, 2.75) is 11.8 Å². The molecule has 1 heterocycles. The molecule has 4 aromatic rings. The average Bonchev–Trinajstić information content (AvgIpc) is 3.20. The summed E-state index contributed by atoms with van der Waals surface area (Å²) >= 11 is 0. The van der Waals surface area contributed by atoms with Crippen molar-refractivity contribution in [2.24, 2.45) is 0 Å². The zero-order valence-electron chi connectivity index (χ0n) is 16.5. The smallest absolute Gasteiger partial charge is 0.268 e. The number of aryl methyl sites for hydroxylation is 1. The number of nitrogens with zero attached hydrogens (tertiary/aromatic N) is 2. The van der Waals surface area contributed by atoms with Gasteiger partial charge in [-0.1, -0.05) is 17.7 Å². The highest BCUT2D eigenvalue weighted by molar-refractivity contribution is 7.90. The van der Waals surface area contributed by atoms with Gasteiger partial charge in [0.2, 0.25) is 0 Å². The predicted octanol–water partition coefficient (Wildman–Crippen LogP) is 4.94. The summed E-state index contributed by atoms with van der Waals surface area (Å²) in [6.07, 6.45) is 1.57. The van der Waals surface area contributed by atoms with E-state index in [1.165, 1.54) is 30.5 Å². The van der Waals surface area contributed by atoms with Gasteiger partial charge in [-0.15, -0.1) is 0 Å². The fourth-order valence-corrected chi connectivity index (χ4v) is 4.60. The van der Waals surface area contributed by atoms with Gasteiger partial charge in [0, 0.05) is 23.7 Å². The topological polar surface area (TPSA) is 89.2 Å². The number of ether oxygens (including phenoxy) is 1. The minimum absolute atomic E-state index is 0.00401. The summed E-state index contributed by atoms with van der Waals surface area (Å²) in [5.74, 6) is -2.30. The van der Waals surface area contributed by atoms with Crippen molar-refractivity contribution in [2.75, 3.05) is 0 Å². The maximum Gasteiger partial charge on any atom is 0.268 e. The summed E-state index contributed by atoms with van der Waals surface area (Å²) in [5, 5.41) is 9.11. The fraction of sp³-hybridized carbons (Fsp3) is 0.0435. The quantitative estimate of drug-likeness (QED) is 0.400. The van der Waals surface area contributed by atoms with Gasteiger partial charge in [-0.05, 0) is 37.3 Å². The summed E-state index contributed by atoms with van der Waals surface area (Å²) in [4.78, 5) is 11.8. The van der Waals surface area contributed by atoms with Crippen LogP contribution in [0.3, 0.4) is 0 Å². The lowest BCUT2D eigenvalue weighted by Crippen LogP contribution is -2.12. The van der Waals surface area contributed by atoms with Gasteiger partial charge >= 0.3 is 0 Å². The number of nitriles is 1. The van der Waals surface area contributed by atoms with Crippen LogP contribution in [0.1, 0.15) is 21.5 Å². The van der Waals surface area contributed by atoms with E-state index in [4.69, 9.17) is 10.00 Å². The summed E-state index contributed by atoms with van der Waals surface area (Å²) in [7, 11) is -4.05. The Hall–Kier alpha value is -4.03. The van der Waals surface area contributed by atoms with Crippen LogP contribution in [0, 0.1) is 29.9 Å². The van der Waals surface area contributed by atoms with E-state index in [2.05, 4.69) is 0 Å². The summed E-state index contributed by atoms with van der Waals surface area (Å²) in [6, 6.07) is 13.3. The van der Waals surface area contributed by atoms with Crippen LogP contribution in [0.25, 0.3) is 10.9 Å². The van der Waals surface area contributed by atoms with E-state index in [-0.39, 0.29) is 32.7 Å². The average molecular weight is 452 g/mol. The largest absolute Gasteiger partial charge is 0.453 e. The SMILES string of the molecule is Cc1ccc(S(=O)(=O)n2ccc3c(C=O)c(Oc4ccc(F)c(C#N)c4)c(F)cc32)cc1. The Balaban J connectivity index is 1.86. The van der Waals surface area contributed by atoms with Crippen molar-refractivity contribution in [3.8, 4) is 17.6 Å². The lowest BCUT2D eigenvalue weighted by atomic mass is 10.1. The van der Waals surface area contributed by atoms with Gasteiger partial charge in [-0.2, -0.15) is 5.26 Å². The van der Waals surface area contributed by atoms with Gasteiger partial charge in [0.15, 0.2) is 17.9 Å². The summed E-state index contributed by atoms with van der Waals surface area (Å²) in [6.45, 7) is 1.81. The van der Waals surface area contributed by atoms with Gasteiger partial charge in [0.1, 0.15) is 17.6 Å². The minimum Gasteiger partial charge on any atom is -0.453 e. The maximum absolute atomic E-state index is 15.0. The molecule has 0 spiro atoms. The molecule has 0 aliphatic heterocycles. The van der Waals surface area contributed by atoms with Crippen LogP contribution >= 0.6 is 0 Å². The highest BCUT2D eigenvalue weighted by atomic mass is 32.2. The third-order valence-electron chi connectivity index (χ3n) is 4.88. The zero-order valence-corrected chi connectivity index (χ0v) is 17.4. The van der Waals surface area contributed by atoms with Crippen molar-refractivity contribution in [1.29, 1.82) is 5.26 Å². The highest BCUT2D eigenvalue weighted by Crippen LogP contribution is 2.35. The second kappa shape index (κ2) is 7.90. The number of hydrogen-bond donors (Lipinski definition) is 0. The molecule has 0 fully saturated rings. The third-order valence-corrected chi connectivity index (χ3v) is 6.58. The maximum atomic E-state index is 15.0. The molecule has 32 heavy (non-hydrogen) atoms. The second-order valence-corrected chi connectivity index (χ2v) is 8.75. The Labute approximate surface area is 182 Å². The Morgan fingerprint density at radius 3 is 2.41 bits per heavy atom. The van der Waals surface area contributed by atoms with Gasteiger partial charge in [-0.3, -0.25) is 4.79 Å². The van der Waals surface area contributed by atoms with Crippen LogP contribution in [0.5, 0.6) is 11.5 Å². The lowest BCUT2D eigenvalue weighted by molar-refractivity contribution is 0.112. The number of aldehydes is 1. The molecule has 1 aromatic heterocycles. The standard InChI is InChI=1S/C23H14F2N2O4S/c1-14-2-5-17(6-3-14)32(29,30)27-9-8-18-19(13-28)23(21(25)11-22(18)27)31-16-4-7-20(24)15(10-16)12-26/h2-11,13H,1H3. The molecule has 6 nitrogen and oxygen atoms in total. The highest BCUT2D eigenvalue weighted by Gasteiger charge is 2.24. The van der Waals surface area contributed by atoms with Crippen molar-refractivity contribution >= 4 is 27.2 Å². The van der Waals surface area contributed by atoms with E-state index in [0.717, 1.165) is 27.7 Å². The first-order chi connectivity index (χ1) is 15.3. The molecule has 160 valence electrons. The first kappa shape index (κ1) is 21.2. The van der Waals surface area contributed by atoms with Gasteiger partial charge in [-0.25, -0.2) is 21.2 Å². The van der Waals surface area contributed by atoms with Crippen LogP contribution < -0.4 is 4.74 Å². The number of aromatic nitrogens is 1. The molecule has 0 saturated heterocycles. The molecule has 0 radical (unpaired) electrons. The second-order valence-electron chi connectivity index (χ2n) is 6.94.